The van der Waals surface area contributed by atoms with E-state index in [4.69, 9.17) is 15.6 Å². The number of fused-ring (bicyclic) bond motifs is 1. The fraction of sp³-hybridized carbons (Fsp3) is 0.308. The normalized spacial score (nSPS) is 16.2. The first-order valence-corrected chi connectivity index (χ1v) is 5.56. The standard InChI is InChI=1S/C13H15NO3/c14-11(13(15)16)8-9-5-6-17-12-4-2-1-3-10(12)7-9/h1-4,7,11H,5-6,8,14H2,(H,15,16)/t11-/m1/s1. The average molecular weight is 233 g/mol. The monoisotopic (exact) mass is 233 g/mol. The van der Waals surface area contributed by atoms with Gasteiger partial charge >= 0.3 is 5.97 Å². The summed E-state index contributed by atoms with van der Waals surface area (Å²) in [5, 5.41) is 8.79. The van der Waals surface area contributed by atoms with E-state index in [0.717, 1.165) is 23.3 Å². The second-order valence-corrected chi connectivity index (χ2v) is 4.09. The second kappa shape index (κ2) is 5.01. The van der Waals surface area contributed by atoms with Gasteiger partial charge < -0.3 is 15.6 Å². The molecule has 90 valence electrons. The molecule has 0 saturated carbocycles. The van der Waals surface area contributed by atoms with Crippen LogP contribution in [-0.2, 0) is 4.79 Å². The van der Waals surface area contributed by atoms with E-state index in [0.29, 0.717) is 13.0 Å². The summed E-state index contributed by atoms with van der Waals surface area (Å²) >= 11 is 0. The summed E-state index contributed by atoms with van der Waals surface area (Å²) in [6, 6.07) is 6.87. The van der Waals surface area contributed by atoms with Gasteiger partial charge in [0.05, 0.1) is 6.61 Å². The van der Waals surface area contributed by atoms with Gasteiger partial charge in [-0.15, -0.1) is 0 Å². The Morgan fingerprint density at radius 3 is 3.00 bits per heavy atom. The molecule has 4 heteroatoms. The van der Waals surface area contributed by atoms with E-state index >= 15 is 0 Å². The molecule has 0 amide bonds. The zero-order valence-electron chi connectivity index (χ0n) is 9.43. The average Bonchev–Trinajstić information content (AvgIpc) is 2.50. The Morgan fingerprint density at radius 2 is 2.24 bits per heavy atom. The maximum atomic E-state index is 10.7. The number of rotatable bonds is 3. The minimum Gasteiger partial charge on any atom is -0.493 e. The van der Waals surface area contributed by atoms with Crippen LogP contribution in [0.2, 0.25) is 0 Å². The number of carboxylic acid groups (broad SMARTS) is 1. The van der Waals surface area contributed by atoms with Gasteiger partial charge in [-0.3, -0.25) is 4.79 Å². The lowest BCUT2D eigenvalue weighted by Gasteiger charge is -2.08. The van der Waals surface area contributed by atoms with Crippen molar-refractivity contribution in [1.29, 1.82) is 0 Å². The maximum Gasteiger partial charge on any atom is 0.320 e. The summed E-state index contributed by atoms with van der Waals surface area (Å²) < 4.78 is 5.58. The van der Waals surface area contributed by atoms with Gasteiger partial charge in [0.15, 0.2) is 0 Å². The van der Waals surface area contributed by atoms with Crippen LogP contribution >= 0.6 is 0 Å². The molecule has 17 heavy (non-hydrogen) atoms. The minimum atomic E-state index is -0.968. The molecule has 0 radical (unpaired) electrons. The van der Waals surface area contributed by atoms with Crippen LogP contribution in [-0.4, -0.2) is 23.7 Å². The van der Waals surface area contributed by atoms with Crippen molar-refractivity contribution < 1.29 is 14.6 Å². The fourth-order valence-corrected chi connectivity index (χ4v) is 1.85. The third-order valence-electron chi connectivity index (χ3n) is 2.76. The molecule has 4 nitrogen and oxygen atoms in total. The second-order valence-electron chi connectivity index (χ2n) is 4.09. The molecule has 0 spiro atoms. The lowest BCUT2D eigenvalue weighted by molar-refractivity contribution is -0.138. The first kappa shape index (κ1) is 11.7. The number of benzene rings is 1. The molecule has 0 saturated heterocycles. The van der Waals surface area contributed by atoms with Crippen LogP contribution in [0.5, 0.6) is 5.75 Å². The quantitative estimate of drug-likeness (QED) is 0.832. The molecular weight excluding hydrogens is 218 g/mol. The van der Waals surface area contributed by atoms with Gasteiger partial charge in [0.2, 0.25) is 0 Å². The molecule has 3 N–H and O–H groups in total. The topological polar surface area (TPSA) is 72.5 Å². The summed E-state index contributed by atoms with van der Waals surface area (Å²) in [4.78, 5) is 10.7. The van der Waals surface area contributed by atoms with Gasteiger partial charge in [-0.05, 0) is 12.5 Å². The van der Waals surface area contributed by atoms with Crippen molar-refractivity contribution in [2.45, 2.75) is 18.9 Å². The Labute approximate surface area is 99.7 Å². The maximum absolute atomic E-state index is 10.7. The Balaban J connectivity index is 2.19. The number of carbonyl (C=O) groups is 1. The molecule has 0 aromatic heterocycles. The highest BCUT2D eigenvalue weighted by atomic mass is 16.5. The van der Waals surface area contributed by atoms with Crippen LogP contribution in [0.25, 0.3) is 6.08 Å². The predicted octanol–water partition coefficient (Wildman–Crippen LogP) is 1.65. The van der Waals surface area contributed by atoms with E-state index in [1.165, 1.54) is 0 Å². The lowest BCUT2D eigenvalue weighted by Crippen LogP contribution is -2.30. The van der Waals surface area contributed by atoms with Crippen LogP contribution in [0.4, 0.5) is 0 Å². The number of para-hydroxylation sites is 1. The van der Waals surface area contributed by atoms with E-state index in [9.17, 15) is 4.79 Å². The van der Waals surface area contributed by atoms with Crippen molar-refractivity contribution in [3.63, 3.8) is 0 Å². The zero-order chi connectivity index (χ0) is 12.3. The number of aliphatic carboxylic acids is 1. The first-order valence-electron chi connectivity index (χ1n) is 5.56. The molecule has 1 aromatic rings. The van der Waals surface area contributed by atoms with Crippen molar-refractivity contribution >= 4 is 12.0 Å². The van der Waals surface area contributed by atoms with Gasteiger partial charge in [0.25, 0.3) is 0 Å². The third-order valence-corrected chi connectivity index (χ3v) is 2.76. The first-order chi connectivity index (χ1) is 8.16. The summed E-state index contributed by atoms with van der Waals surface area (Å²) in [6.45, 7) is 0.565. The SMILES string of the molecule is N[C@H](CC1=Cc2ccccc2OCC1)C(=O)O. The molecule has 1 atom stereocenters. The van der Waals surface area contributed by atoms with Crippen LogP contribution < -0.4 is 10.5 Å². The smallest absolute Gasteiger partial charge is 0.320 e. The number of hydrogen-bond donors (Lipinski definition) is 2. The zero-order valence-corrected chi connectivity index (χ0v) is 9.43. The van der Waals surface area contributed by atoms with Crippen molar-refractivity contribution in [2.24, 2.45) is 5.73 Å². The summed E-state index contributed by atoms with van der Waals surface area (Å²) in [6.07, 6.45) is 3.06. The van der Waals surface area contributed by atoms with E-state index < -0.39 is 12.0 Å². The Kier molecular flexibility index (Phi) is 3.44. The largest absolute Gasteiger partial charge is 0.493 e. The number of hydrogen-bond acceptors (Lipinski definition) is 3. The van der Waals surface area contributed by atoms with Gasteiger partial charge in [-0.2, -0.15) is 0 Å². The Bertz CT molecular complexity index is 454. The third kappa shape index (κ3) is 2.85. The highest BCUT2D eigenvalue weighted by Crippen LogP contribution is 2.26. The van der Waals surface area contributed by atoms with E-state index in [1.807, 2.05) is 30.3 Å². The van der Waals surface area contributed by atoms with Crippen LogP contribution in [0, 0.1) is 0 Å². The molecule has 1 heterocycles. The Hall–Kier alpha value is -1.81. The molecule has 0 unspecified atom stereocenters. The predicted molar refractivity (Wildman–Crippen MR) is 64.8 cm³/mol. The van der Waals surface area contributed by atoms with Gasteiger partial charge in [-0.1, -0.05) is 29.8 Å². The minimum absolute atomic E-state index is 0.368. The number of ether oxygens (including phenoxy) is 1. The van der Waals surface area contributed by atoms with Gasteiger partial charge in [0.1, 0.15) is 11.8 Å². The van der Waals surface area contributed by atoms with Crippen molar-refractivity contribution in [2.75, 3.05) is 6.61 Å². The number of nitrogens with two attached hydrogens (primary N) is 1. The van der Waals surface area contributed by atoms with Crippen LogP contribution in [0.1, 0.15) is 18.4 Å². The van der Waals surface area contributed by atoms with Crippen molar-refractivity contribution in [1.82, 2.24) is 0 Å². The molecule has 1 aliphatic heterocycles. The van der Waals surface area contributed by atoms with Crippen LogP contribution in [0.15, 0.2) is 29.8 Å². The molecule has 0 aliphatic carbocycles. The highest BCUT2D eigenvalue weighted by molar-refractivity contribution is 5.74. The van der Waals surface area contributed by atoms with Crippen molar-refractivity contribution in [3.05, 3.63) is 35.4 Å². The van der Waals surface area contributed by atoms with E-state index in [1.54, 1.807) is 0 Å². The summed E-state index contributed by atoms with van der Waals surface area (Å²) in [5.41, 5.74) is 7.54. The molecule has 0 bridgehead atoms. The number of carboxylic acids is 1. The van der Waals surface area contributed by atoms with E-state index in [2.05, 4.69) is 0 Å². The Morgan fingerprint density at radius 1 is 1.47 bits per heavy atom. The lowest BCUT2D eigenvalue weighted by atomic mass is 10.0. The van der Waals surface area contributed by atoms with Gasteiger partial charge in [0, 0.05) is 12.0 Å². The van der Waals surface area contributed by atoms with E-state index in [-0.39, 0.29) is 0 Å². The van der Waals surface area contributed by atoms with Gasteiger partial charge in [-0.25, -0.2) is 0 Å². The molecular formula is C13H15NO3. The van der Waals surface area contributed by atoms with Crippen LogP contribution in [0.3, 0.4) is 0 Å². The fourth-order valence-electron chi connectivity index (χ4n) is 1.85. The summed E-state index contributed by atoms with van der Waals surface area (Å²) in [7, 11) is 0. The van der Waals surface area contributed by atoms with Crippen molar-refractivity contribution in [3.8, 4) is 5.75 Å². The summed E-state index contributed by atoms with van der Waals surface area (Å²) in [5.74, 6) is -0.129. The molecule has 0 fully saturated rings. The highest BCUT2D eigenvalue weighted by Gasteiger charge is 2.16. The molecule has 1 aliphatic rings. The molecule has 1 aromatic carbocycles. The molecule has 2 rings (SSSR count).